The van der Waals surface area contributed by atoms with Crippen molar-refractivity contribution in [3.63, 3.8) is 0 Å². The summed E-state index contributed by atoms with van der Waals surface area (Å²) in [7, 11) is 4.78. The van der Waals surface area contributed by atoms with Crippen molar-refractivity contribution in [1.29, 1.82) is 0 Å². The van der Waals surface area contributed by atoms with Crippen LogP contribution in [0.3, 0.4) is 0 Å². The number of cyclic esters (lactones) is 1. The van der Waals surface area contributed by atoms with Gasteiger partial charge in [0.25, 0.3) is 11.8 Å². The number of imidazole rings is 1. The van der Waals surface area contributed by atoms with E-state index in [1.807, 2.05) is 51.1 Å². The second-order valence-corrected chi connectivity index (χ2v) is 18.7. The first-order chi connectivity index (χ1) is 32.0. The summed E-state index contributed by atoms with van der Waals surface area (Å²) in [5.74, 6) is -2.59. The lowest BCUT2D eigenvalue weighted by molar-refractivity contribution is -0.155. The predicted octanol–water partition coefficient (Wildman–Crippen LogP) is 6.40. The first-order valence-electron chi connectivity index (χ1n) is 23.0. The van der Waals surface area contributed by atoms with Gasteiger partial charge in [0, 0.05) is 68.8 Å². The highest BCUT2D eigenvalue weighted by Gasteiger charge is 2.38. The van der Waals surface area contributed by atoms with Gasteiger partial charge in [-0.3, -0.25) is 34.0 Å². The molecule has 2 aliphatic rings. The molecule has 0 aliphatic carbocycles. The maximum Gasteiger partial charge on any atom is 0.324 e. The Labute approximate surface area is 392 Å². The van der Waals surface area contributed by atoms with Gasteiger partial charge in [0.1, 0.15) is 23.9 Å². The van der Waals surface area contributed by atoms with Crippen LogP contribution in [0.1, 0.15) is 87.9 Å². The van der Waals surface area contributed by atoms with Crippen LogP contribution in [0, 0.1) is 11.3 Å². The molecule has 5 heterocycles. The molecule has 3 aromatic heterocycles. The summed E-state index contributed by atoms with van der Waals surface area (Å²) in [5.41, 5.74) is 10.3. The van der Waals surface area contributed by atoms with Gasteiger partial charge in [-0.25, -0.2) is 10.4 Å². The zero-order valence-corrected chi connectivity index (χ0v) is 40.0. The van der Waals surface area contributed by atoms with Gasteiger partial charge >= 0.3 is 5.97 Å². The fourth-order valence-corrected chi connectivity index (χ4v) is 9.35. The Bertz CT molecular complexity index is 2700. The van der Waals surface area contributed by atoms with Crippen molar-refractivity contribution in [2.75, 3.05) is 32.6 Å². The van der Waals surface area contributed by atoms with Crippen LogP contribution in [0.25, 0.3) is 33.3 Å². The number of pyridine rings is 1. The number of carbonyl (C=O) groups is 5. The van der Waals surface area contributed by atoms with Crippen LogP contribution in [0.15, 0.2) is 79.6 Å². The minimum absolute atomic E-state index is 0.00134. The fourth-order valence-electron chi connectivity index (χ4n) is 9.35. The van der Waals surface area contributed by atoms with E-state index >= 15 is 0 Å². The van der Waals surface area contributed by atoms with Crippen molar-refractivity contribution >= 4 is 46.3 Å². The topological polar surface area (TPSA) is 182 Å². The summed E-state index contributed by atoms with van der Waals surface area (Å²) < 4.78 is 15.7. The molecule has 16 heteroatoms. The number of amides is 4. The van der Waals surface area contributed by atoms with Crippen LogP contribution in [0.4, 0.5) is 5.82 Å². The van der Waals surface area contributed by atoms with Crippen molar-refractivity contribution in [2.24, 2.45) is 18.4 Å². The molecule has 0 radical (unpaired) electrons. The Morgan fingerprint density at radius 1 is 1.07 bits per heavy atom. The number of rotatable bonds is 11. The average molecular weight is 914 g/mol. The number of aromatic nitrogens is 4. The number of esters is 1. The van der Waals surface area contributed by atoms with E-state index in [1.54, 1.807) is 20.4 Å². The van der Waals surface area contributed by atoms with Crippen LogP contribution >= 0.6 is 0 Å². The number of hydrogen-bond acceptors (Lipinski definition) is 10. The third kappa shape index (κ3) is 10.1. The van der Waals surface area contributed by atoms with Gasteiger partial charge in [0.15, 0.2) is 0 Å². The molecule has 67 heavy (non-hydrogen) atoms. The van der Waals surface area contributed by atoms with Crippen LogP contribution in [-0.4, -0.2) is 104 Å². The van der Waals surface area contributed by atoms with Gasteiger partial charge < -0.3 is 34.1 Å². The molecule has 16 nitrogen and oxygen atoms in total. The monoisotopic (exact) mass is 913 g/mol. The van der Waals surface area contributed by atoms with Gasteiger partial charge in [-0.15, -0.1) is 0 Å². The molecule has 0 spiro atoms. The van der Waals surface area contributed by atoms with Crippen LogP contribution in [-0.2, 0) is 55.1 Å². The lowest BCUT2D eigenvalue weighted by Gasteiger charge is -2.36. The minimum Gasteiger partial charge on any atom is -0.464 e. The third-order valence-electron chi connectivity index (χ3n) is 12.9. The molecule has 1 saturated heterocycles. The number of hydrazine groups is 1. The molecule has 5 aromatic rings. The Kier molecular flexibility index (Phi) is 14.5. The lowest BCUT2D eigenvalue weighted by Crippen LogP contribution is -2.62. The number of benzene rings is 2. The third-order valence-corrected chi connectivity index (χ3v) is 12.9. The maximum atomic E-state index is 14.7. The van der Waals surface area contributed by atoms with Crippen molar-refractivity contribution < 1.29 is 33.4 Å². The van der Waals surface area contributed by atoms with E-state index in [1.165, 1.54) is 27.7 Å². The van der Waals surface area contributed by atoms with Crippen molar-refractivity contribution in [3.8, 4) is 22.4 Å². The fraction of sp³-hybridized carbons (Fsp3) is 0.431. The van der Waals surface area contributed by atoms with E-state index in [9.17, 15) is 24.0 Å². The van der Waals surface area contributed by atoms with E-state index in [0.717, 1.165) is 56.2 Å². The van der Waals surface area contributed by atoms with Gasteiger partial charge in [0.05, 0.1) is 30.3 Å². The zero-order chi connectivity index (χ0) is 48.3. The molecule has 3 unspecified atom stereocenters. The number of fused-ring (bicyclic) bond motifs is 6. The summed E-state index contributed by atoms with van der Waals surface area (Å²) >= 11 is 0. The molecule has 2 aliphatic heterocycles. The predicted molar refractivity (Wildman–Crippen MR) is 256 cm³/mol. The van der Waals surface area contributed by atoms with Gasteiger partial charge in [-0.1, -0.05) is 64.6 Å². The number of nitrogens with zero attached hydrogens (tertiary/aromatic N) is 6. The molecule has 3 N–H and O–H groups in total. The maximum absolute atomic E-state index is 14.7. The number of ether oxygens (including phenoxy) is 2. The number of aryl methyl sites for hydroxylation is 1. The molecule has 2 aromatic carbocycles. The van der Waals surface area contributed by atoms with Gasteiger partial charge in [0.2, 0.25) is 17.6 Å². The molecule has 354 valence electrons. The van der Waals surface area contributed by atoms with Crippen LogP contribution in [0.2, 0.25) is 0 Å². The molecule has 1 fully saturated rings. The van der Waals surface area contributed by atoms with Crippen LogP contribution in [0.5, 0.6) is 0 Å². The second kappa shape index (κ2) is 20.1. The second-order valence-electron chi connectivity index (χ2n) is 18.7. The van der Waals surface area contributed by atoms with Crippen molar-refractivity contribution in [3.05, 3.63) is 102 Å². The Balaban J connectivity index is 1.30. The van der Waals surface area contributed by atoms with E-state index in [2.05, 4.69) is 77.2 Å². The molecule has 7 rings (SSSR count). The molecule has 4 amide bonds. The lowest BCUT2D eigenvalue weighted by atomic mass is 9.84. The highest BCUT2D eigenvalue weighted by Crippen LogP contribution is 2.42. The largest absolute Gasteiger partial charge is 0.464 e. The number of nitrogens with one attached hydrogen (secondary N) is 3. The number of methoxy groups -OCH3 is 1. The van der Waals surface area contributed by atoms with E-state index < -0.39 is 53.1 Å². The number of anilines is 1. The first-order valence-corrected chi connectivity index (χ1v) is 23.0. The standard InChI is InChI=1S/C51H63N9O7/c1-11-42(61)55-41-28-53-46(57(41)8)49(64)58(9)44(30(3)4)47(62)54-39-25-32-16-13-17-33(24-32)34-20-21-40-36(26-34)37(45(59(40)12-2)35-18-14-22-52-43(35)31(5)66-10)27-51(6,7)29-67-50(65)38-19-15-23-60(56-38)48(39)63/h11,13-14,16-18,20-22,24,26,28,30-31,38-39,44,56H,1,12,15,19,23,25,27,29H2,2-10H3,(H,54,62)(H,55,61)/t31?,38-,39?,44?/m0/s1. The summed E-state index contributed by atoms with van der Waals surface area (Å²) in [4.78, 5) is 79.5. The van der Waals surface area contributed by atoms with Gasteiger partial charge in [-0.2, -0.15) is 0 Å². The van der Waals surface area contributed by atoms with E-state index in [-0.39, 0.29) is 36.7 Å². The summed E-state index contributed by atoms with van der Waals surface area (Å²) in [5, 5.41) is 8.11. The van der Waals surface area contributed by atoms with E-state index in [0.29, 0.717) is 32.4 Å². The van der Waals surface area contributed by atoms with Crippen molar-refractivity contribution in [1.82, 2.24) is 39.8 Å². The Morgan fingerprint density at radius 3 is 2.55 bits per heavy atom. The van der Waals surface area contributed by atoms with Crippen LogP contribution < -0.4 is 16.1 Å². The first kappa shape index (κ1) is 48.3. The van der Waals surface area contributed by atoms with Crippen molar-refractivity contribution in [2.45, 2.75) is 98.0 Å². The van der Waals surface area contributed by atoms with E-state index in [4.69, 9.17) is 14.5 Å². The van der Waals surface area contributed by atoms with Gasteiger partial charge in [-0.05, 0) is 91.6 Å². The molecular formula is C51H63N9O7. The summed E-state index contributed by atoms with van der Waals surface area (Å²) in [6.07, 6.45) is 5.66. The quantitative estimate of drug-likeness (QED) is 0.0991. The number of hydrogen-bond donors (Lipinski definition) is 3. The minimum atomic E-state index is -1.10. The average Bonchev–Trinajstić information content (AvgIpc) is 3.83. The zero-order valence-electron chi connectivity index (χ0n) is 40.0. The molecule has 4 atom stereocenters. The highest BCUT2D eigenvalue weighted by molar-refractivity contribution is 6.00. The molecular weight excluding hydrogens is 851 g/mol. The smallest absolute Gasteiger partial charge is 0.324 e. The Morgan fingerprint density at radius 2 is 1.84 bits per heavy atom. The number of carbonyl (C=O) groups excluding carboxylic acids is 5. The summed E-state index contributed by atoms with van der Waals surface area (Å²) in [6.45, 7) is 16.5. The normalized spacial score (nSPS) is 18.4. The highest BCUT2D eigenvalue weighted by atomic mass is 16.5. The SMILES string of the molecule is C=CC(=O)Nc1cnc(C(=O)N(C)C(C(=O)NC2Cc3cccc(c3)-c3ccc4c(c3)c(c(-c3cccnc3C(C)OC)n4CC)CC(C)(C)COC(=O)[C@@H]3CCCN(N3)C2=O)C(C)C)n1C. The molecule has 6 bridgehead atoms. The number of likely N-dealkylation sites (N-methyl/N-ethyl adjacent to an activating group) is 1. The molecule has 0 saturated carbocycles. The summed E-state index contributed by atoms with van der Waals surface area (Å²) in [6, 6.07) is 15.5. The Hall–Kier alpha value is -6.65.